The summed E-state index contributed by atoms with van der Waals surface area (Å²) < 4.78 is 0. The Morgan fingerprint density at radius 2 is 2.16 bits per heavy atom. The maximum atomic E-state index is 10.9. The van der Waals surface area contributed by atoms with E-state index in [1.165, 1.54) is 23.8 Å². The molecule has 5 heteroatoms. The molecule has 0 saturated heterocycles. The fourth-order valence-electron chi connectivity index (χ4n) is 1.77. The average Bonchev–Trinajstić information content (AvgIpc) is 2.83. The summed E-state index contributed by atoms with van der Waals surface area (Å²) in [6.07, 6.45) is 1.79. The van der Waals surface area contributed by atoms with Gasteiger partial charge in [-0.3, -0.25) is 4.79 Å². The van der Waals surface area contributed by atoms with Crippen molar-refractivity contribution >= 4 is 34.0 Å². The van der Waals surface area contributed by atoms with Crippen molar-refractivity contribution in [3.63, 3.8) is 0 Å². The van der Waals surface area contributed by atoms with Crippen molar-refractivity contribution in [2.45, 2.75) is 25.6 Å². The quantitative estimate of drug-likeness (QED) is 0.856. The topological polar surface area (TPSA) is 42.0 Å². The molecule has 0 bridgehead atoms. The third-order valence-electron chi connectivity index (χ3n) is 2.65. The minimum Gasteiger partial charge on any atom is -0.302 e. The van der Waals surface area contributed by atoms with E-state index >= 15 is 0 Å². The van der Waals surface area contributed by atoms with Crippen molar-refractivity contribution in [2.24, 2.45) is 0 Å². The number of nitrogens with zero attached hydrogens (tertiary/aromatic N) is 1. The van der Waals surface area contributed by atoms with Crippen LogP contribution in [0.3, 0.4) is 0 Å². The maximum absolute atomic E-state index is 10.9. The number of alkyl halides is 1. The lowest BCUT2D eigenvalue weighted by molar-refractivity contribution is -0.114. The van der Waals surface area contributed by atoms with Gasteiger partial charge in [0.1, 0.15) is 0 Å². The number of anilines is 1. The third kappa shape index (κ3) is 4.33. The van der Waals surface area contributed by atoms with Crippen LogP contribution >= 0.6 is 22.9 Å². The summed E-state index contributed by atoms with van der Waals surface area (Å²) >= 11 is 7.27. The Morgan fingerprint density at radius 3 is 2.89 bits per heavy atom. The molecule has 2 rings (SSSR count). The van der Waals surface area contributed by atoms with E-state index in [9.17, 15) is 4.79 Å². The maximum Gasteiger partial charge on any atom is 0.223 e. The number of aryl methyl sites for hydroxylation is 2. The molecule has 19 heavy (non-hydrogen) atoms. The van der Waals surface area contributed by atoms with Gasteiger partial charge in [-0.1, -0.05) is 24.3 Å². The molecule has 0 spiro atoms. The van der Waals surface area contributed by atoms with Crippen LogP contribution in [0.4, 0.5) is 5.13 Å². The number of carbonyl (C=O) groups excluding carboxylic acids is 1. The summed E-state index contributed by atoms with van der Waals surface area (Å²) in [5, 5.41) is 5.34. The van der Waals surface area contributed by atoms with E-state index in [-0.39, 0.29) is 5.91 Å². The Bertz CT molecular complexity index is 568. The van der Waals surface area contributed by atoms with E-state index in [0.29, 0.717) is 11.0 Å². The van der Waals surface area contributed by atoms with Gasteiger partial charge < -0.3 is 5.32 Å². The standard InChI is InChI=1S/C14H15ClN2OS/c1-10(18)16-14-17-13(9-19-14)6-5-11-3-2-4-12(7-11)8-15/h2-4,7,9H,5-6,8H2,1H3,(H,16,17,18). The van der Waals surface area contributed by atoms with Crippen LogP contribution in [0.2, 0.25) is 0 Å². The van der Waals surface area contributed by atoms with Crippen LogP contribution in [0.25, 0.3) is 0 Å². The Hall–Kier alpha value is -1.39. The van der Waals surface area contributed by atoms with Crippen LogP contribution in [0.1, 0.15) is 23.7 Å². The first-order valence-corrected chi connectivity index (χ1v) is 7.44. The van der Waals surface area contributed by atoms with E-state index in [2.05, 4.69) is 22.4 Å². The SMILES string of the molecule is CC(=O)Nc1nc(CCc2cccc(CCl)c2)cs1. The predicted octanol–water partition coefficient (Wildman–Crippen LogP) is 3.63. The molecule has 1 aromatic heterocycles. The van der Waals surface area contributed by atoms with Crippen molar-refractivity contribution in [3.05, 3.63) is 46.5 Å². The predicted molar refractivity (Wildman–Crippen MR) is 79.8 cm³/mol. The first kappa shape index (κ1) is 14.0. The lowest BCUT2D eigenvalue weighted by Gasteiger charge is -2.02. The van der Waals surface area contributed by atoms with Crippen LogP contribution in [0.15, 0.2) is 29.6 Å². The molecule has 100 valence electrons. The molecule has 3 nitrogen and oxygen atoms in total. The minimum atomic E-state index is -0.0873. The molecule has 1 aromatic carbocycles. The lowest BCUT2D eigenvalue weighted by Crippen LogP contribution is -2.05. The number of aromatic nitrogens is 1. The molecule has 0 saturated carbocycles. The van der Waals surface area contributed by atoms with Gasteiger partial charge in [0, 0.05) is 18.2 Å². The van der Waals surface area contributed by atoms with Crippen LogP contribution in [-0.2, 0) is 23.5 Å². The largest absolute Gasteiger partial charge is 0.302 e. The molecule has 0 radical (unpaired) electrons. The number of benzene rings is 1. The molecule has 1 N–H and O–H groups in total. The molecule has 0 aliphatic heterocycles. The molecule has 0 aliphatic carbocycles. The number of rotatable bonds is 5. The monoisotopic (exact) mass is 294 g/mol. The summed E-state index contributed by atoms with van der Waals surface area (Å²) in [6.45, 7) is 1.48. The zero-order valence-electron chi connectivity index (χ0n) is 10.6. The number of nitrogens with one attached hydrogen (secondary N) is 1. The Kier molecular flexibility index (Phi) is 4.93. The molecular formula is C14H15ClN2OS. The first-order valence-electron chi connectivity index (χ1n) is 6.03. The second-order valence-electron chi connectivity index (χ2n) is 4.28. The van der Waals surface area contributed by atoms with E-state index in [1.807, 2.05) is 17.5 Å². The fraction of sp³-hybridized carbons (Fsp3) is 0.286. The summed E-state index contributed by atoms with van der Waals surface area (Å²) in [5.74, 6) is 0.452. The number of hydrogen-bond acceptors (Lipinski definition) is 3. The van der Waals surface area contributed by atoms with E-state index in [0.717, 1.165) is 24.1 Å². The number of carbonyl (C=O) groups is 1. The molecular weight excluding hydrogens is 280 g/mol. The molecule has 0 atom stereocenters. The Labute approximate surface area is 121 Å². The van der Waals surface area contributed by atoms with E-state index in [1.54, 1.807) is 0 Å². The van der Waals surface area contributed by atoms with Gasteiger partial charge in [0.15, 0.2) is 5.13 Å². The molecule has 0 aliphatic rings. The highest BCUT2D eigenvalue weighted by Crippen LogP contribution is 2.17. The molecule has 0 fully saturated rings. The van der Waals surface area contributed by atoms with Gasteiger partial charge in [0.05, 0.1) is 5.69 Å². The molecule has 1 heterocycles. The van der Waals surface area contributed by atoms with Crippen LogP contribution in [0.5, 0.6) is 0 Å². The normalized spacial score (nSPS) is 10.4. The van der Waals surface area contributed by atoms with Crippen molar-refractivity contribution in [3.8, 4) is 0 Å². The second kappa shape index (κ2) is 6.68. The highest BCUT2D eigenvalue weighted by molar-refractivity contribution is 7.13. The number of amides is 1. The van der Waals surface area contributed by atoms with Crippen molar-refractivity contribution in [1.82, 2.24) is 4.98 Å². The van der Waals surface area contributed by atoms with Gasteiger partial charge in [0.25, 0.3) is 0 Å². The Balaban J connectivity index is 1.94. The van der Waals surface area contributed by atoms with Crippen molar-refractivity contribution < 1.29 is 4.79 Å². The number of halogens is 1. The van der Waals surface area contributed by atoms with Crippen molar-refractivity contribution in [1.29, 1.82) is 0 Å². The van der Waals surface area contributed by atoms with Crippen LogP contribution in [0, 0.1) is 0 Å². The third-order valence-corrected chi connectivity index (χ3v) is 3.77. The van der Waals surface area contributed by atoms with Gasteiger partial charge in [0.2, 0.25) is 5.91 Å². The summed E-state index contributed by atoms with van der Waals surface area (Å²) in [4.78, 5) is 15.3. The molecule has 2 aromatic rings. The van der Waals surface area contributed by atoms with Crippen LogP contribution in [-0.4, -0.2) is 10.9 Å². The van der Waals surface area contributed by atoms with Crippen LogP contribution < -0.4 is 5.32 Å². The summed E-state index contributed by atoms with van der Waals surface area (Å²) in [7, 11) is 0. The van der Waals surface area contributed by atoms with Gasteiger partial charge in [-0.15, -0.1) is 22.9 Å². The highest BCUT2D eigenvalue weighted by Gasteiger charge is 2.04. The Morgan fingerprint density at radius 1 is 1.37 bits per heavy atom. The molecule has 0 unspecified atom stereocenters. The zero-order valence-corrected chi connectivity index (χ0v) is 12.2. The van der Waals surface area contributed by atoms with E-state index < -0.39 is 0 Å². The van der Waals surface area contributed by atoms with Gasteiger partial charge in [-0.25, -0.2) is 4.98 Å². The lowest BCUT2D eigenvalue weighted by atomic mass is 10.1. The highest BCUT2D eigenvalue weighted by atomic mass is 35.5. The smallest absolute Gasteiger partial charge is 0.223 e. The number of hydrogen-bond donors (Lipinski definition) is 1. The summed E-state index contributed by atoms with van der Waals surface area (Å²) in [6, 6.07) is 8.26. The first-order chi connectivity index (χ1) is 9.17. The average molecular weight is 295 g/mol. The fourth-order valence-corrected chi connectivity index (χ4v) is 2.73. The summed E-state index contributed by atoms with van der Waals surface area (Å²) in [5.41, 5.74) is 3.40. The molecule has 1 amide bonds. The van der Waals surface area contributed by atoms with Gasteiger partial charge in [-0.2, -0.15) is 0 Å². The second-order valence-corrected chi connectivity index (χ2v) is 5.40. The van der Waals surface area contributed by atoms with E-state index in [4.69, 9.17) is 11.6 Å². The number of thiazole rings is 1. The minimum absolute atomic E-state index is 0.0873. The zero-order chi connectivity index (χ0) is 13.7. The van der Waals surface area contributed by atoms with Crippen molar-refractivity contribution in [2.75, 3.05) is 5.32 Å². The van der Waals surface area contributed by atoms with Gasteiger partial charge in [-0.05, 0) is 24.0 Å². The van der Waals surface area contributed by atoms with Gasteiger partial charge >= 0.3 is 0 Å².